The van der Waals surface area contributed by atoms with Crippen LogP contribution in [0.3, 0.4) is 0 Å². The Kier molecular flexibility index (Phi) is 5.44. The number of carbonyl (C=O) groups is 1. The van der Waals surface area contributed by atoms with E-state index in [0.29, 0.717) is 6.42 Å². The van der Waals surface area contributed by atoms with Crippen molar-refractivity contribution in [2.75, 3.05) is 17.3 Å². The van der Waals surface area contributed by atoms with Crippen molar-refractivity contribution in [3.05, 3.63) is 29.6 Å². The van der Waals surface area contributed by atoms with Crippen LogP contribution in [0.4, 0.5) is 10.1 Å². The summed E-state index contributed by atoms with van der Waals surface area (Å²) in [6.45, 7) is 1.79. The van der Waals surface area contributed by atoms with E-state index in [9.17, 15) is 9.18 Å². The Hall–Kier alpha value is -1.07. The quantitative estimate of drug-likeness (QED) is 0.848. The van der Waals surface area contributed by atoms with Crippen LogP contribution in [0.2, 0.25) is 0 Å². The molecule has 5 heteroatoms. The molecule has 1 aromatic rings. The number of aryl methyl sites for hydroxylation is 1. The summed E-state index contributed by atoms with van der Waals surface area (Å²) in [4.78, 5) is 11.6. The largest absolute Gasteiger partial charge is 0.322 e. The van der Waals surface area contributed by atoms with Crippen molar-refractivity contribution in [3.8, 4) is 0 Å². The fourth-order valence-corrected chi connectivity index (χ4v) is 1.81. The SMILES string of the molecule is CSCC[C@@H](N)C(=O)Nc1ccc(C)cc1F. The fraction of sp³-hybridized carbons (Fsp3) is 0.417. The second kappa shape index (κ2) is 6.61. The Balaban J connectivity index is 2.61. The number of nitrogens with two attached hydrogens (primary N) is 1. The number of hydrogen-bond acceptors (Lipinski definition) is 3. The molecular formula is C12H17FN2OS. The first-order chi connectivity index (χ1) is 8.04. The van der Waals surface area contributed by atoms with Crippen molar-refractivity contribution < 1.29 is 9.18 Å². The van der Waals surface area contributed by atoms with Gasteiger partial charge in [-0.1, -0.05) is 6.07 Å². The number of amides is 1. The minimum Gasteiger partial charge on any atom is -0.322 e. The molecule has 0 unspecified atom stereocenters. The smallest absolute Gasteiger partial charge is 0.241 e. The van der Waals surface area contributed by atoms with Gasteiger partial charge in [0.05, 0.1) is 11.7 Å². The molecule has 0 bridgehead atoms. The summed E-state index contributed by atoms with van der Waals surface area (Å²) in [6, 6.07) is 4.07. The van der Waals surface area contributed by atoms with Crippen LogP contribution in [0.5, 0.6) is 0 Å². The second-order valence-electron chi connectivity index (χ2n) is 3.86. The Labute approximate surface area is 105 Å². The zero-order chi connectivity index (χ0) is 12.8. The molecule has 1 aromatic carbocycles. The molecule has 1 atom stereocenters. The van der Waals surface area contributed by atoms with Crippen LogP contribution in [0.1, 0.15) is 12.0 Å². The molecule has 3 N–H and O–H groups in total. The van der Waals surface area contributed by atoms with E-state index in [4.69, 9.17) is 5.73 Å². The molecule has 0 aliphatic rings. The monoisotopic (exact) mass is 256 g/mol. The lowest BCUT2D eigenvalue weighted by atomic mass is 10.2. The van der Waals surface area contributed by atoms with Gasteiger partial charge in [0, 0.05) is 0 Å². The van der Waals surface area contributed by atoms with Crippen LogP contribution < -0.4 is 11.1 Å². The maximum absolute atomic E-state index is 13.5. The molecular weight excluding hydrogens is 239 g/mol. The first-order valence-electron chi connectivity index (χ1n) is 5.36. The summed E-state index contributed by atoms with van der Waals surface area (Å²) in [5, 5.41) is 2.50. The first kappa shape index (κ1) is 14.0. The third kappa shape index (κ3) is 4.36. The second-order valence-corrected chi connectivity index (χ2v) is 4.85. The van der Waals surface area contributed by atoms with Crippen LogP contribution in [0, 0.1) is 12.7 Å². The molecule has 0 aliphatic carbocycles. The molecule has 0 spiro atoms. The average Bonchev–Trinajstić information content (AvgIpc) is 2.29. The van der Waals surface area contributed by atoms with E-state index < -0.39 is 11.9 Å². The first-order valence-corrected chi connectivity index (χ1v) is 6.75. The van der Waals surface area contributed by atoms with Gasteiger partial charge < -0.3 is 11.1 Å². The summed E-state index contributed by atoms with van der Waals surface area (Å²) in [7, 11) is 0. The highest BCUT2D eigenvalue weighted by atomic mass is 32.2. The van der Waals surface area contributed by atoms with Gasteiger partial charge in [0.2, 0.25) is 5.91 Å². The predicted octanol–water partition coefficient (Wildman–Crippen LogP) is 2.15. The Morgan fingerprint density at radius 3 is 2.88 bits per heavy atom. The molecule has 1 rings (SSSR count). The van der Waals surface area contributed by atoms with E-state index in [1.165, 1.54) is 6.07 Å². The summed E-state index contributed by atoms with van der Waals surface area (Å²) in [5.41, 5.74) is 6.68. The van der Waals surface area contributed by atoms with Crippen LogP contribution in [-0.4, -0.2) is 24.0 Å². The highest BCUT2D eigenvalue weighted by Gasteiger charge is 2.14. The fourth-order valence-electron chi connectivity index (χ4n) is 1.32. The number of nitrogens with one attached hydrogen (secondary N) is 1. The van der Waals surface area contributed by atoms with Gasteiger partial charge in [0.1, 0.15) is 5.82 Å². The molecule has 0 saturated heterocycles. The summed E-state index contributed by atoms with van der Waals surface area (Å²) in [6.07, 6.45) is 2.53. The van der Waals surface area contributed by atoms with E-state index in [2.05, 4.69) is 5.32 Å². The van der Waals surface area contributed by atoms with Crippen LogP contribution in [0.15, 0.2) is 18.2 Å². The van der Waals surface area contributed by atoms with E-state index in [-0.39, 0.29) is 11.6 Å². The van der Waals surface area contributed by atoms with Crippen molar-refractivity contribution in [3.63, 3.8) is 0 Å². The van der Waals surface area contributed by atoms with Crippen molar-refractivity contribution in [1.29, 1.82) is 0 Å². The number of thioether (sulfide) groups is 1. The standard InChI is InChI=1S/C12H17FN2OS/c1-8-3-4-11(9(13)7-8)15-12(16)10(14)5-6-17-2/h3-4,7,10H,5-6,14H2,1-2H3,(H,15,16)/t10-/m1/s1. The average molecular weight is 256 g/mol. The highest BCUT2D eigenvalue weighted by Crippen LogP contribution is 2.15. The van der Waals surface area contributed by atoms with E-state index in [1.807, 2.05) is 6.26 Å². The Bertz CT molecular complexity index is 398. The van der Waals surface area contributed by atoms with E-state index in [0.717, 1.165) is 11.3 Å². The van der Waals surface area contributed by atoms with Crippen molar-refractivity contribution in [1.82, 2.24) is 0 Å². The number of rotatable bonds is 5. The minimum absolute atomic E-state index is 0.181. The van der Waals surface area contributed by atoms with Gasteiger partial charge in [0.15, 0.2) is 0 Å². The maximum Gasteiger partial charge on any atom is 0.241 e. The van der Waals surface area contributed by atoms with Gasteiger partial charge >= 0.3 is 0 Å². The summed E-state index contributed by atoms with van der Waals surface area (Å²) in [5.74, 6) is 0.0301. The van der Waals surface area contributed by atoms with Gasteiger partial charge in [0.25, 0.3) is 0 Å². The van der Waals surface area contributed by atoms with Gasteiger partial charge in [-0.25, -0.2) is 4.39 Å². The maximum atomic E-state index is 13.5. The third-order valence-electron chi connectivity index (χ3n) is 2.35. The Morgan fingerprint density at radius 2 is 2.29 bits per heavy atom. The van der Waals surface area contributed by atoms with Gasteiger partial charge in [-0.2, -0.15) is 11.8 Å². The van der Waals surface area contributed by atoms with Gasteiger partial charge in [-0.05, 0) is 43.0 Å². The molecule has 0 aromatic heterocycles. The van der Waals surface area contributed by atoms with Crippen LogP contribution >= 0.6 is 11.8 Å². The topological polar surface area (TPSA) is 55.1 Å². The number of hydrogen-bond donors (Lipinski definition) is 2. The lowest BCUT2D eigenvalue weighted by Crippen LogP contribution is -2.36. The molecule has 0 saturated carbocycles. The van der Waals surface area contributed by atoms with Crippen molar-refractivity contribution in [2.24, 2.45) is 5.73 Å². The molecule has 0 aliphatic heterocycles. The molecule has 3 nitrogen and oxygen atoms in total. The van der Waals surface area contributed by atoms with Crippen LogP contribution in [-0.2, 0) is 4.79 Å². The molecule has 17 heavy (non-hydrogen) atoms. The third-order valence-corrected chi connectivity index (χ3v) is 3.00. The number of halogens is 1. The van der Waals surface area contributed by atoms with Crippen LogP contribution in [0.25, 0.3) is 0 Å². The zero-order valence-electron chi connectivity index (χ0n) is 10.00. The number of carbonyl (C=O) groups excluding carboxylic acids is 1. The minimum atomic E-state index is -0.594. The predicted molar refractivity (Wildman–Crippen MR) is 70.7 cm³/mol. The molecule has 0 heterocycles. The van der Waals surface area contributed by atoms with E-state index >= 15 is 0 Å². The normalized spacial score (nSPS) is 12.2. The zero-order valence-corrected chi connectivity index (χ0v) is 10.8. The molecule has 0 radical (unpaired) electrons. The summed E-state index contributed by atoms with van der Waals surface area (Å²) >= 11 is 1.62. The highest BCUT2D eigenvalue weighted by molar-refractivity contribution is 7.98. The number of anilines is 1. The van der Waals surface area contributed by atoms with Gasteiger partial charge in [-0.15, -0.1) is 0 Å². The van der Waals surface area contributed by atoms with Gasteiger partial charge in [-0.3, -0.25) is 4.79 Å². The summed E-state index contributed by atoms with van der Waals surface area (Å²) < 4.78 is 13.5. The lowest BCUT2D eigenvalue weighted by molar-refractivity contribution is -0.117. The van der Waals surface area contributed by atoms with E-state index in [1.54, 1.807) is 30.8 Å². The molecule has 1 amide bonds. The molecule has 0 fully saturated rings. The Morgan fingerprint density at radius 1 is 1.59 bits per heavy atom. The lowest BCUT2D eigenvalue weighted by Gasteiger charge is -2.12. The molecule has 94 valence electrons. The number of benzene rings is 1. The van der Waals surface area contributed by atoms with Crippen molar-refractivity contribution in [2.45, 2.75) is 19.4 Å². The van der Waals surface area contributed by atoms with Crippen molar-refractivity contribution >= 4 is 23.4 Å².